The third-order valence-corrected chi connectivity index (χ3v) is 17.4. The van der Waals surface area contributed by atoms with Crippen molar-refractivity contribution in [3.63, 3.8) is 0 Å². The van der Waals surface area contributed by atoms with Gasteiger partial charge < -0.3 is 0 Å². The number of hydrogen-bond donors (Lipinski definition) is 0. The monoisotopic (exact) mass is 676 g/mol. The molecule has 0 spiro atoms. The SMILES string of the molecule is COc1cc(COCc2cc(OC)c(OC)c(OC)[c]2[Sn]([CH3])([CH3])[CH3])[c]([Sn]([CH3])([CH3])[CH3])cc1OC. The van der Waals surface area contributed by atoms with Gasteiger partial charge in [0.25, 0.3) is 0 Å². The minimum atomic E-state index is -2.62. The van der Waals surface area contributed by atoms with Crippen LogP contribution in [0, 0.1) is 0 Å². The Morgan fingerprint density at radius 2 is 1.03 bits per heavy atom. The van der Waals surface area contributed by atoms with Crippen molar-refractivity contribution in [2.24, 2.45) is 0 Å². The molecule has 0 unspecified atom stereocenters. The number of rotatable bonds is 11. The number of methoxy groups -OCH3 is 5. The third kappa shape index (κ3) is 6.57. The van der Waals surface area contributed by atoms with E-state index in [2.05, 4.69) is 41.8 Å². The first-order valence-corrected chi connectivity index (χ1v) is 31.1. The van der Waals surface area contributed by atoms with Crippen molar-refractivity contribution in [3.05, 3.63) is 29.3 Å². The molecule has 0 amide bonds. The molecule has 2 rings (SSSR count). The van der Waals surface area contributed by atoms with E-state index >= 15 is 0 Å². The Balaban J connectivity index is 2.47. The van der Waals surface area contributed by atoms with Crippen LogP contribution >= 0.6 is 0 Å². The Morgan fingerprint density at radius 1 is 0.545 bits per heavy atom. The zero-order valence-corrected chi connectivity index (χ0v) is 27.8. The summed E-state index contributed by atoms with van der Waals surface area (Å²) in [4.78, 5) is 14.3. The van der Waals surface area contributed by atoms with Crippen LogP contribution in [0.3, 0.4) is 0 Å². The summed E-state index contributed by atoms with van der Waals surface area (Å²) in [5.41, 5.74) is 2.28. The van der Waals surface area contributed by atoms with Gasteiger partial charge in [-0.25, -0.2) is 0 Å². The average molecular weight is 674 g/mol. The second kappa shape index (κ2) is 11.6. The van der Waals surface area contributed by atoms with Crippen molar-refractivity contribution in [3.8, 4) is 28.7 Å². The Kier molecular flexibility index (Phi) is 9.94. The van der Waals surface area contributed by atoms with Gasteiger partial charge in [-0.3, -0.25) is 0 Å². The molecule has 2 aromatic carbocycles. The maximum absolute atomic E-state index is 6.34. The van der Waals surface area contributed by atoms with Crippen LogP contribution in [-0.4, -0.2) is 72.3 Å². The van der Waals surface area contributed by atoms with E-state index in [0.29, 0.717) is 24.7 Å². The Hall–Kier alpha value is -1.00. The van der Waals surface area contributed by atoms with Gasteiger partial charge in [0.05, 0.1) is 0 Å². The van der Waals surface area contributed by atoms with Crippen LogP contribution in [0.25, 0.3) is 0 Å². The van der Waals surface area contributed by atoms with Gasteiger partial charge in [-0.1, -0.05) is 0 Å². The molecular formula is C25H40O6Sn2. The predicted octanol–water partition coefficient (Wildman–Crippen LogP) is 4.54. The first-order chi connectivity index (χ1) is 15.4. The van der Waals surface area contributed by atoms with E-state index in [1.807, 2.05) is 6.07 Å². The fraction of sp³-hybridized carbons (Fsp3) is 0.520. The normalized spacial score (nSPS) is 11.8. The zero-order chi connectivity index (χ0) is 25.0. The van der Waals surface area contributed by atoms with Crippen LogP contribution in [-0.2, 0) is 18.0 Å². The minimum absolute atomic E-state index is 0.466. The van der Waals surface area contributed by atoms with Crippen LogP contribution in [0.4, 0.5) is 0 Å². The van der Waals surface area contributed by atoms with Gasteiger partial charge in [0.15, 0.2) is 0 Å². The summed E-state index contributed by atoms with van der Waals surface area (Å²) in [6.07, 6.45) is 0. The molecule has 0 fully saturated rings. The summed E-state index contributed by atoms with van der Waals surface area (Å²) in [5, 5.41) is 0. The van der Waals surface area contributed by atoms with Crippen LogP contribution in [0.5, 0.6) is 28.7 Å². The molecule has 0 aromatic heterocycles. The molecular weight excluding hydrogens is 634 g/mol. The molecule has 0 heterocycles. The van der Waals surface area contributed by atoms with Crippen molar-refractivity contribution in [2.45, 2.75) is 42.9 Å². The van der Waals surface area contributed by atoms with Crippen molar-refractivity contribution < 1.29 is 28.4 Å². The summed E-state index contributed by atoms with van der Waals surface area (Å²) in [7, 11) is 8.33. The van der Waals surface area contributed by atoms with E-state index in [-0.39, 0.29) is 0 Å². The van der Waals surface area contributed by atoms with Crippen LogP contribution in [0.15, 0.2) is 18.2 Å². The topological polar surface area (TPSA) is 55.4 Å². The molecule has 33 heavy (non-hydrogen) atoms. The summed E-state index contributed by atoms with van der Waals surface area (Å²) in [6.45, 7) is 0.966. The number of benzene rings is 2. The van der Waals surface area contributed by atoms with E-state index < -0.39 is 36.8 Å². The van der Waals surface area contributed by atoms with Crippen molar-refractivity contribution in [1.29, 1.82) is 0 Å². The predicted molar refractivity (Wildman–Crippen MR) is 140 cm³/mol. The molecule has 0 saturated carbocycles. The maximum atomic E-state index is 6.34. The third-order valence-electron chi connectivity index (χ3n) is 5.59. The van der Waals surface area contributed by atoms with Crippen LogP contribution in [0.1, 0.15) is 11.1 Å². The van der Waals surface area contributed by atoms with Gasteiger partial charge in [0.2, 0.25) is 0 Å². The molecule has 0 aliphatic rings. The number of hydrogen-bond acceptors (Lipinski definition) is 6. The van der Waals surface area contributed by atoms with E-state index in [1.54, 1.807) is 35.5 Å². The summed E-state index contributed by atoms with van der Waals surface area (Å²) in [6, 6.07) is 6.25. The summed E-state index contributed by atoms with van der Waals surface area (Å²) in [5.74, 6) is 3.59. The van der Waals surface area contributed by atoms with Gasteiger partial charge in [-0.2, -0.15) is 0 Å². The summed E-state index contributed by atoms with van der Waals surface area (Å²) >= 11 is -5.05. The van der Waals surface area contributed by atoms with Crippen LogP contribution < -0.4 is 30.8 Å². The van der Waals surface area contributed by atoms with Gasteiger partial charge in [0, 0.05) is 0 Å². The molecule has 0 bridgehead atoms. The van der Waals surface area contributed by atoms with Gasteiger partial charge >= 0.3 is 209 Å². The van der Waals surface area contributed by atoms with E-state index in [0.717, 1.165) is 22.8 Å². The molecule has 0 atom stereocenters. The summed E-state index contributed by atoms with van der Waals surface area (Å²) < 4.78 is 37.2. The molecule has 8 heteroatoms. The molecule has 0 N–H and O–H groups in total. The molecule has 0 aliphatic carbocycles. The first kappa shape index (κ1) is 28.2. The quantitative estimate of drug-likeness (QED) is 0.327. The first-order valence-electron chi connectivity index (χ1n) is 11.1. The van der Waals surface area contributed by atoms with Gasteiger partial charge in [-0.05, 0) is 0 Å². The van der Waals surface area contributed by atoms with Gasteiger partial charge in [-0.15, -0.1) is 0 Å². The Labute approximate surface area is 207 Å². The van der Waals surface area contributed by atoms with Crippen molar-refractivity contribution in [1.82, 2.24) is 0 Å². The van der Waals surface area contributed by atoms with E-state index in [9.17, 15) is 0 Å². The van der Waals surface area contributed by atoms with Crippen molar-refractivity contribution in [2.75, 3.05) is 35.5 Å². The second-order valence-corrected chi connectivity index (χ2v) is 38.7. The molecule has 0 aliphatic heterocycles. The second-order valence-electron chi connectivity index (χ2n) is 10.0. The van der Waals surface area contributed by atoms with E-state index in [1.165, 1.54) is 12.7 Å². The van der Waals surface area contributed by atoms with Gasteiger partial charge in [0.1, 0.15) is 0 Å². The fourth-order valence-electron chi connectivity index (χ4n) is 4.15. The zero-order valence-electron chi connectivity index (χ0n) is 22.1. The average Bonchev–Trinajstić information content (AvgIpc) is 2.75. The molecule has 2 aromatic rings. The Bertz CT molecular complexity index is 961. The van der Waals surface area contributed by atoms with Crippen molar-refractivity contribution >= 4 is 43.9 Å². The molecule has 6 nitrogen and oxygen atoms in total. The molecule has 184 valence electrons. The number of ether oxygens (including phenoxy) is 6. The van der Waals surface area contributed by atoms with E-state index in [4.69, 9.17) is 28.4 Å². The Morgan fingerprint density at radius 3 is 1.48 bits per heavy atom. The fourth-order valence-corrected chi connectivity index (χ4v) is 14.6. The standard InChI is InChI=1S/C19H22O6.6CH3.2Sn/c1-20-15-7-6-13(8-16(15)21-2)11-25-12-14-9-17(22-3)19(24-5)18(10-14)23-4;;;;;;;;/h7-9H,11-12H2,1-5H3;6*1H3;;. The molecule has 0 saturated heterocycles. The van der Waals surface area contributed by atoms with Crippen LogP contribution in [0.2, 0.25) is 29.6 Å². The molecule has 0 radical (unpaired) electrons.